The summed E-state index contributed by atoms with van der Waals surface area (Å²) in [7, 11) is 0. The minimum Gasteiger partial charge on any atom is -0.454 e. The van der Waals surface area contributed by atoms with Crippen LogP contribution in [0.1, 0.15) is 49.9 Å². The Morgan fingerprint density at radius 3 is 1.41 bits per heavy atom. The molecule has 0 amide bonds. The van der Waals surface area contributed by atoms with Crippen molar-refractivity contribution in [3.63, 3.8) is 0 Å². The van der Waals surface area contributed by atoms with Crippen molar-refractivity contribution in [1.82, 2.24) is 0 Å². The van der Waals surface area contributed by atoms with E-state index in [9.17, 15) is 0 Å². The first-order valence-electron chi connectivity index (χ1n) is 23.7. The lowest BCUT2D eigenvalue weighted by atomic mass is 9.67. The summed E-state index contributed by atoms with van der Waals surface area (Å²) in [5.74, 6) is 0. The zero-order valence-corrected chi connectivity index (χ0v) is 38.3. The second-order valence-electron chi connectivity index (χ2n) is 19.6. The number of hydrogen-bond acceptors (Lipinski definition) is 4. The third-order valence-corrected chi connectivity index (χ3v) is 15.2. The molecule has 0 aliphatic heterocycles. The van der Waals surface area contributed by atoms with Crippen LogP contribution in [-0.4, -0.2) is 0 Å². The van der Waals surface area contributed by atoms with Gasteiger partial charge in [0.1, 0.15) is 11.2 Å². The molecule has 2 heterocycles. The van der Waals surface area contributed by atoms with Gasteiger partial charge in [0.2, 0.25) is 0 Å². The van der Waals surface area contributed by atoms with Crippen LogP contribution in [-0.2, 0) is 10.8 Å². The molecule has 0 bridgehead atoms. The second kappa shape index (κ2) is 14.1. The van der Waals surface area contributed by atoms with E-state index in [1.54, 1.807) is 0 Å². The smallest absolute Gasteiger partial charge is 0.159 e. The number of anilines is 6. The monoisotopic (exact) mass is 874 g/mol. The van der Waals surface area contributed by atoms with E-state index in [4.69, 9.17) is 8.83 Å². The van der Waals surface area contributed by atoms with Gasteiger partial charge in [-0.2, -0.15) is 0 Å². The topological polar surface area (TPSA) is 32.8 Å². The maximum absolute atomic E-state index is 6.71. The molecule has 0 saturated heterocycles. The zero-order chi connectivity index (χ0) is 45.5. The van der Waals surface area contributed by atoms with Gasteiger partial charge < -0.3 is 18.6 Å². The van der Waals surface area contributed by atoms with E-state index in [-0.39, 0.29) is 10.8 Å². The highest BCUT2D eigenvalue weighted by Crippen LogP contribution is 2.58. The molecule has 0 atom stereocenters. The van der Waals surface area contributed by atoms with Crippen LogP contribution in [0.15, 0.2) is 215 Å². The lowest BCUT2D eigenvalue weighted by Gasteiger charge is -2.37. The Labute approximate surface area is 394 Å². The van der Waals surface area contributed by atoms with Crippen molar-refractivity contribution < 1.29 is 8.83 Å². The van der Waals surface area contributed by atoms with Gasteiger partial charge in [-0.15, -0.1) is 0 Å². The summed E-state index contributed by atoms with van der Waals surface area (Å²) >= 11 is 0. The van der Waals surface area contributed by atoms with E-state index >= 15 is 0 Å². The summed E-state index contributed by atoms with van der Waals surface area (Å²) in [5.41, 5.74) is 19.9. The number of furan rings is 2. The number of para-hydroxylation sites is 6. The molecular weight excluding hydrogens is 829 g/mol. The molecule has 0 unspecified atom stereocenters. The van der Waals surface area contributed by atoms with Crippen molar-refractivity contribution in [2.75, 3.05) is 9.80 Å². The van der Waals surface area contributed by atoms with Gasteiger partial charge in [0.25, 0.3) is 0 Å². The van der Waals surface area contributed by atoms with Crippen LogP contribution >= 0.6 is 0 Å². The third kappa shape index (κ3) is 5.37. The lowest BCUT2D eigenvalue weighted by Crippen LogP contribution is -2.25. The Hall–Kier alpha value is -8.34. The average molecular weight is 875 g/mol. The first-order valence-corrected chi connectivity index (χ1v) is 23.7. The quantitative estimate of drug-likeness (QED) is 0.167. The van der Waals surface area contributed by atoms with E-state index in [0.29, 0.717) is 0 Å². The maximum atomic E-state index is 6.71. The van der Waals surface area contributed by atoms with E-state index < -0.39 is 0 Å². The molecule has 14 rings (SSSR count). The van der Waals surface area contributed by atoms with Crippen LogP contribution in [0, 0.1) is 0 Å². The molecule has 2 aliphatic rings. The minimum absolute atomic E-state index is 0.279. The molecule has 68 heavy (non-hydrogen) atoms. The second-order valence-corrected chi connectivity index (χ2v) is 19.6. The van der Waals surface area contributed by atoms with Crippen LogP contribution < -0.4 is 9.80 Å². The Bertz CT molecular complexity index is 4040. The number of nitrogens with zero attached hydrogens (tertiary/aromatic N) is 2. The highest BCUT2D eigenvalue weighted by molar-refractivity contribution is 6.15. The summed E-state index contributed by atoms with van der Waals surface area (Å²) in [6.07, 6.45) is 0. The fraction of sp³-hybridized carbons (Fsp3) is 0.0938. The Balaban J connectivity index is 0.936. The van der Waals surface area contributed by atoms with Crippen molar-refractivity contribution in [2.45, 2.75) is 38.5 Å². The largest absolute Gasteiger partial charge is 0.454 e. The summed E-state index contributed by atoms with van der Waals surface area (Å²) < 4.78 is 13.4. The van der Waals surface area contributed by atoms with Crippen LogP contribution in [0.25, 0.3) is 76.9 Å². The highest BCUT2D eigenvalue weighted by atomic mass is 16.3. The molecular formula is C64H46N2O2. The van der Waals surface area contributed by atoms with Crippen molar-refractivity contribution in [3.05, 3.63) is 229 Å². The molecule has 0 spiro atoms. The van der Waals surface area contributed by atoms with Gasteiger partial charge in [0.05, 0.1) is 17.1 Å². The molecule has 12 aromatic rings. The highest BCUT2D eigenvalue weighted by Gasteiger charge is 2.41. The van der Waals surface area contributed by atoms with E-state index in [1.165, 1.54) is 55.3 Å². The van der Waals surface area contributed by atoms with Crippen molar-refractivity contribution in [2.24, 2.45) is 0 Å². The van der Waals surface area contributed by atoms with Gasteiger partial charge in [-0.3, -0.25) is 0 Å². The summed E-state index contributed by atoms with van der Waals surface area (Å²) in [6.45, 7) is 9.62. The third-order valence-electron chi connectivity index (χ3n) is 15.2. The predicted molar refractivity (Wildman–Crippen MR) is 283 cm³/mol. The van der Waals surface area contributed by atoms with Gasteiger partial charge in [-0.25, -0.2) is 0 Å². The number of fused-ring (bicyclic) bond motifs is 11. The summed E-state index contributed by atoms with van der Waals surface area (Å²) in [4.78, 5) is 4.75. The molecule has 2 aliphatic carbocycles. The molecule has 10 aromatic carbocycles. The molecule has 0 radical (unpaired) electrons. The standard InChI is InChI=1S/C64H46N2O2/c1-63(2)51-27-15-26-48-55(66(40-20-9-6-10-21-40)57-29-17-25-47-44-23-12-14-31-59(44)68-62(47)57)35-34-45(60(48)51)50-38-53-49(37-54(50)63)42-33-32-41(36-52(42)64(53,3)4)65(39-18-7-5-8-19-39)56-28-16-24-46-43-22-11-13-30-58(43)67-61(46)56/h5-38H,1-4H3. The molecule has 4 heteroatoms. The first kappa shape index (κ1) is 38.9. The van der Waals surface area contributed by atoms with Crippen LogP contribution in [0.3, 0.4) is 0 Å². The van der Waals surface area contributed by atoms with Gasteiger partial charge in [-0.05, 0) is 129 Å². The van der Waals surface area contributed by atoms with E-state index in [0.717, 1.165) is 78.0 Å². The normalized spacial score (nSPS) is 14.1. The van der Waals surface area contributed by atoms with Gasteiger partial charge in [-0.1, -0.05) is 155 Å². The van der Waals surface area contributed by atoms with Crippen molar-refractivity contribution in [3.8, 4) is 22.3 Å². The Morgan fingerprint density at radius 1 is 0.309 bits per heavy atom. The van der Waals surface area contributed by atoms with E-state index in [2.05, 4.69) is 232 Å². The van der Waals surface area contributed by atoms with Gasteiger partial charge >= 0.3 is 0 Å². The summed E-state index contributed by atoms with van der Waals surface area (Å²) in [6, 6.07) is 74.9. The SMILES string of the molecule is CC1(C)c2cc(N(c3ccccc3)c3cccc4c3oc3ccccc34)ccc2-c2cc3c(cc21)-c1ccc(N(c2ccccc2)c2cccc4c2oc2ccccc24)c2cccc(c12)C3(C)C. The number of rotatable bonds is 6. The minimum atomic E-state index is -0.284. The number of benzene rings is 10. The predicted octanol–water partition coefficient (Wildman–Crippen LogP) is 18.2. The molecule has 0 N–H and O–H groups in total. The Morgan fingerprint density at radius 2 is 0.779 bits per heavy atom. The van der Waals surface area contributed by atoms with Gasteiger partial charge in [0.15, 0.2) is 11.2 Å². The molecule has 0 saturated carbocycles. The van der Waals surface area contributed by atoms with Crippen LogP contribution in [0.2, 0.25) is 0 Å². The fourth-order valence-electron chi connectivity index (χ4n) is 11.9. The summed E-state index contributed by atoms with van der Waals surface area (Å²) in [5, 5.41) is 6.98. The maximum Gasteiger partial charge on any atom is 0.159 e. The van der Waals surface area contributed by atoms with Crippen molar-refractivity contribution >= 4 is 88.8 Å². The van der Waals surface area contributed by atoms with Crippen molar-refractivity contribution in [1.29, 1.82) is 0 Å². The molecule has 4 nitrogen and oxygen atoms in total. The van der Waals surface area contributed by atoms with Crippen LogP contribution in [0.5, 0.6) is 0 Å². The Kier molecular flexibility index (Phi) is 8.06. The molecule has 0 fully saturated rings. The zero-order valence-electron chi connectivity index (χ0n) is 38.3. The average Bonchev–Trinajstić information content (AvgIpc) is 4.02. The lowest BCUT2D eigenvalue weighted by molar-refractivity contribution is 0.639. The first-order chi connectivity index (χ1) is 33.3. The van der Waals surface area contributed by atoms with E-state index in [1.807, 2.05) is 12.1 Å². The number of hydrogen-bond donors (Lipinski definition) is 0. The molecule has 2 aromatic heterocycles. The fourth-order valence-corrected chi connectivity index (χ4v) is 11.9. The molecule has 324 valence electrons. The van der Waals surface area contributed by atoms with Gasteiger partial charge in [0, 0.05) is 54.8 Å². The van der Waals surface area contributed by atoms with Crippen LogP contribution in [0.4, 0.5) is 34.1 Å².